The van der Waals surface area contributed by atoms with Gasteiger partial charge < -0.3 is 58.0 Å². The summed E-state index contributed by atoms with van der Waals surface area (Å²) in [5.41, 5.74) is 0.328. The monoisotopic (exact) mass is 820 g/mol. The molecule has 4 aliphatic heterocycles. The first-order valence-electron chi connectivity index (χ1n) is 18.5. The van der Waals surface area contributed by atoms with Gasteiger partial charge in [0.05, 0.1) is 13.2 Å². The Morgan fingerprint density at radius 3 is 1.09 bits per heavy atom. The highest BCUT2D eigenvalue weighted by Gasteiger charge is 2.56. The Morgan fingerprint density at radius 1 is 0.483 bits per heavy atom. The molecule has 5 rings (SSSR count). The summed E-state index contributed by atoms with van der Waals surface area (Å²) < 4.78 is 56.5. The molecule has 2 amide bonds. The first-order chi connectivity index (χ1) is 27.5. The fourth-order valence-corrected chi connectivity index (χ4v) is 6.34. The van der Waals surface area contributed by atoms with Crippen LogP contribution in [0.4, 0.5) is 11.4 Å². The van der Waals surface area contributed by atoms with Crippen LogP contribution in [0.2, 0.25) is 0 Å². The van der Waals surface area contributed by atoms with Crippen LogP contribution in [-0.4, -0.2) is 122 Å². The van der Waals surface area contributed by atoms with Crippen LogP contribution >= 0.6 is 0 Å². The smallest absolute Gasteiger partial charge is 0.303 e. The quantitative estimate of drug-likeness (QED) is 0.236. The van der Waals surface area contributed by atoms with Crippen LogP contribution in [0.15, 0.2) is 36.4 Å². The Balaban J connectivity index is 1.69. The molecule has 0 aromatic heterocycles. The average Bonchev–Trinajstić information content (AvgIpc) is 3.12. The lowest BCUT2D eigenvalue weighted by atomic mass is 9.97. The molecule has 0 aliphatic carbocycles. The molecule has 1 aromatic carbocycles. The summed E-state index contributed by atoms with van der Waals surface area (Å²) in [7, 11) is 0. The highest BCUT2D eigenvalue weighted by molar-refractivity contribution is 5.97. The van der Waals surface area contributed by atoms with Gasteiger partial charge >= 0.3 is 35.8 Å². The third-order valence-electron chi connectivity index (χ3n) is 8.50. The largest absolute Gasteiger partial charge is 0.455 e. The second kappa shape index (κ2) is 21.4. The Hall–Kier alpha value is -5.44. The molecule has 20 nitrogen and oxygen atoms in total. The van der Waals surface area contributed by atoms with Gasteiger partial charge in [0.1, 0.15) is 0 Å². The number of carbonyl (C=O) groups excluding carboxylic acids is 8. The van der Waals surface area contributed by atoms with E-state index in [-0.39, 0.29) is 24.6 Å². The molecule has 10 atom stereocenters. The van der Waals surface area contributed by atoms with Gasteiger partial charge in [0, 0.05) is 52.9 Å². The molecule has 0 unspecified atom stereocenters. The van der Waals surface area contributed by atoms with E-state index in [4.69, 9.17) is 47.4 Å². The van der Waals surface area contributed by atoms with E-state index in [0.29, 0.717) is 25.7 Å². The number of esters is 6. The Morgan fingerprint density at radius 2 is 0.776 bits per heavy atom. The molecule has 2 fully saturated rings. The fraction of sp³-hybridized carbons (Fsp3) is 0.579. The van der Waals surface area contributed by atoms with E-state index in [9.17, 15) is 38.4 Å². The summed E-state index contributed by atoms with van der Waals surface area (Å²) in [5.74, 6) is -6.66. The number of benzene rings is 1. The lowest BCUT2D eigenvalue weighted by Crippen LogP contribution is -2.64. The summed E-state index contributed by atoms with van der Waals surface area (Å²) in [4.78, 5) is 101. The Bertz CT molecular complexity index is 1580. The Kier molecular flexibility index (Phi) is 16.7. The van der Waals surface area contributed by atoms with Crippen molar-refractivity contribution in [2.45, 2.75) is 129 Å². The average molecular weight is 821 g/mol. The van der Waals surface area contributed by atoms with Crippen molar-refractivity contribution in [1.82, 2.24) is 0 Å². The van der Waals surface area contributed by atoms with Crippen LogP contribution in [-0.2, 0) is 85.7 Å². The minimum absolute atomic E-state index is 0.0397. The van der Waals surface area contributed by atoms with E-state index in [1.807, 2.05) is 12.2 Å². The van der Waals surface area contributed by atoms with E-state index in [1.54, 1.807) is 0 Å². The van der Waals surface area contributed by atoms with Crippen LogP contribution in [0.3, 0.4) is 0 Å². The van der Waals surface area contributed by atoms with Crippen molar-refractivity contribution in [1.29, 1.82) is 0 Å². The van der Waals surface area contributed by atoms with Crippen LogP contribution in [0.5, 0.6) is 0 Å². The van der Waals surface area contributed by atoms with E-state index in [0.717, 1.165) is 41.5 Å². The lowest BCUT2D eigenvalue weighted by Gasteiger charge is -2.43. The number of amides is 2. The van der Waals surface area contributed by atoms with Gasteiger partial charge in [0.15, 0.2) is 61.4 Å². The highest BCUT2D eigenvalue weighted by atomic mass is 16.7. The second-order valence-corrected chi connectivity index (χ2v) is 13.3. The zero-order chi connectivity index (χ0) is 42.5. The molecule has 318 valence electrons. The minimum atomic E-state index is -1.65. The Labute approximate surface area is 333 Å². The van der Waals surface area contributed by atoms with Crippen molar-refractivity contribution < 1.29 is 85.7 Å². The second-order valence-electron chi connectivity index (χ2n) is 13.3. The molecule has 0 radical (unpaired) electrons. The third-order valence-corrected chi connectivity index (χ3v) is 8.50. The van der Waals surface area contributed by atoms with Crippen molar-refractivity contribution in [2.24, 2.45) is 0 Å². The number of rotatable bonds is 6. The van der Waals surface area contributed by atoms with Gasteiger partial charge in [-0.1, -0.05) is 12.2 Å². The van der Waals surface area contributed by atoms with E-state index in [2.05, 4.69) is 10.6 Å². The minimum Gasteiger partial charge on any atom is -0.455 e. The predicted molar refractivity (Wildman–Crippen MR) is 194 cm³/mol. The number of fused-ring (bicyclic) bond motifs is 12. The van der Waals surface area contributed by atoms with Gasteiger partial charge in [-0.05, 0) is 49.9 Å². The SMILES string of the molecule is CC(=O)O[C@@H]1[C@@H](OC(C)=O)[C@H]2OCCC/C=C\CCCO[C@H]3O[C@H](C(=O)Nc4ccc(cc4)NC(=O)[C@@H](O2)[C@H]1OC(C)=O)[C@@H](OC(C)=O)[C@H](OC(C)=O)[C@H]3OC(C)=O. The number of allylic oxidation sites excluding steroid dienone is 2. The van der Waals surface area contributed by atoms with Gasteiger partial charge in [0.25, 0.3) is 11.8 Å². The molecule has 2 N–H and O–H groups in total. The van der Waals surface area contributed by atoms with Gasteiger partial charge in [-0.25, -0.2) is 0 Å². The lowest BCUT2D eigenvalue weighted by molar-refractivity contribution is -0.297. The zero-order valence-electron chi connectivity index (χ0n) is 32.8. The molecule has 6 bridgehead atoms. The number of carbonyl (C=O) groups is 8. The normalized spacial score (nSPS) is 30.1. The molecule has 0 saturated carbocycles. The summed E-state index contributed by atoms with van der Waals surface area (Å²) in [6.07, 6.45) is -9.62. The molecule has 4 aliphatic rings. The summed E-state index contributed by atoms with van der Waals surface area (Å²) >= 11 is 0. The van der Waals surface area contributed by atoms with Gasteiger partial charge in [-0.3, -0.25) is 38.4 Å². The van der Waals surface area contributed by atoms with Crippen LogP contribution < -0.4 is 10.6 Å². The molecule has 4 heterocycles. The van der Waals surface area contributed by atoms with Crippen molar-refractivity contribution >= 4 is 59.0 Å². The topological polar surface area (TPSA) is 253 Å². The predicted octanol–water partition coefficient (Wildman–Crippen LogP) is 1.77. The van der Waals surface area contributed by atoms with Crippen molar-refractivity contribution in [3.05, 3.63) is 36.4 Å². The maximum atomic E-state index is 13.8. The third kappa shape index (κ3) is 13.0. The van der Waals surface area contributed by atoms with Gasteiger partial charge in [-0.2, -0.15) is 0 Å². The molecular weight excluding hydrogens is 772 g/mol. The number of anilines is 2. The van der Waals surface area contributed by atoms with E-state index in [1.165, 1.54) is 24.3 Å². The molecule has 20 heteroatoms. The zero-order valence-corrected chi connectivity index (χ0v) is 32.8. The summed E-state index contributed by atoms with van der Waals surface area (Å²) in [6.45, 7) is 6.62. The van der Waals surface area contributed by atoms with Crippen LogP contribution in [0.1, 0.15) is 67.2 Å². The summed E-state index contributed by atoms with van der Waals surface area (Å²) in [6, 6.07) is 5.60. The van der Waals surface area contributed by atoms with Gasteiger partial charge in [-0.15, -0.1) is 0 Å². The fourth-order valence-electron chi connectivity index (χ4n) is 6.34. The maximum absolute atomic E-state index is 13.8. The first-order valence-corrected chi connectivity index (χ1v) is 18.5. The van der Waals surface area contributed by atoms with Crippen molar-refractivity contribution in [3.63, 3.8) is 0 Å². The standard InChI is InChI=1S/C38H48N2O18/c1-19(41)51-27-29(53-21(3)43)33(55-23(5)45)37-49-17-11-9-7-8-10-12-18-50-38-34(56-24(6)46)30(54-22(4)44)28(52-20(2)42)32(58-38)36(48)40-26-15-13-25(14-16-26)39-35(47)31(27)57-37/h7-8,13-16,27-34,37-38H,9-12,17-18H2,1-6H3,(H,39,47)(H,40,48)/b8-7-/t27-,28-,29-,30-,31-,32-,33+,34+,37-,38-/m0/s1. The molecular formula is C38H48N2O18. The number of hydrogen-bond donors (Lipinski definition) is 2. The van der Waals surface area contributed by atoms with Crippen molar-refractivity contribution in [2.75, 3.05) is 23.8 Å². The van der Waals surface area contributed by atoms with Crippen molar-refractivity contribution in [3.8, 4) is 0 Å². The number of nitrogens with one attached hydrogen (secondary N) is 2. The van der Waals surface area contributed by atoms with E-state index >= 15 is 0 Å². The molecule has 0 spiro atoms. The summed E-state index contributed by atoms with van der Waals surface area (Å²) in [5, 5.41) is 5.25. The molecule has 58 heavy (non-hydrogen) atoms. The van der Waals surface area contributed by atoms with Gasteiger partial charge in [0.2, 0.25) is 0 Å². The number of ether oxygens (including phenoxy) is 10. The molecule has 1 aromatic rings. The highest BCUT2D eigenvalue weighted by Crippen LogP contribution is 2.33. The molecule has 2 saturated heterocycles. The van der Waals surface area contributed by atoms with Crippen LogP contribution in [0.25, 0.3) is 0 Å². The number of hydrogen-bond acceptors (Lipinski definition) is 18. The maximum Gasteiger partial charge on any atom is 0.303 e. The first kappa shape index (κ1) is 45.3. The van der Waals surface area contributed by atoms with E-state index < -0.39 is 109 Å². The van der Waals surface area contributed by atoms with Crippen LogP contribution in [0, 0.1) is 0 Å².